The molecule has 1 heterocycles. The molecule has 0 aliphatic heterocycles. The summed E-state index contributed by atoms with van der Waals surface area (Å²) in [7, 11) is 3.15. The van der Waals surface area contributed by atoms with Crippen molar-refractivity contribution in [2.24, 2.45) is 0 Å². The zero-order valence-electron chi connectivity index (χ0n) is 14.2. The molecule has 136 valence electrons. The van der Waals surface area contributed by atoms with Gasteiger partial charge in [0.25, 0.3) is 0 Å². The second-order valence-electron chi connectivity index (χ2n) is 5.36. The fraction of sp³-hybridized carbons (Fsp3) is 0.167. The van der Waals surface area contributed by atoms with Gasteiger partial charge in [0.1, 0.15) is 12.4 Å². The van der Waals surface area contributed by atoms with Crippen LogP contribution in [-0.2, 0) is 17.9 Å². The maximum atomic E-state index is 10.6. The summed E-state index contributed by atoms with van der Waals surface area (Å²) in [6.45, 7) is 0.328. The fourth-order valence-electron chi connectivity index (χ4n) is 2.50. The molecule has 1 atom stereocenters. The van der Waals surface area contributed by atoms with Crippen molar-refractivity contribution in [3.05, 3.63) is 54.2 Å². The van der Waals surface area contributed by atoms with Gasteiger partial charge in [0.05, 0.1) is 19.7 Å². The third-order valence-electron chi connectivity index (χ3n) is 3.76. The first-order valence-electron chi connectivity index (χ1n) is 7.69. The summed E-state index contributed by atoms with van der Waals surface area (Å²) >= 11 is -2.34. The minimum absolute atomic E-state index is 0.328. The van der Waals surface area contributed by atoms with E-state index < -0.39 is 11.3 Å². The smallest absolute Gasteiger partial charge is 0.162 e. The van der Waals surface area contributed by atoms with Crippen LogP contribution in [0.25, 0.3) is 10.9 Å². The summed E-state index contributed by atoms with van der Waals surface area (Å²) in [6, 6.07) is 12.3. The molecule has 0 saturated heterocycles. The molecule has 0 aliphatic carbocycles. The number of anilines is 1. The van der Waals surface area contributed by atoms with Gasteiger partial charge >= 0.3 is 0 Å². The molecule has 0 fully saturated rings. The van der Waals surface area contributed by atoms with E-state index in [-0.39, 0.29) is 0 Å². The summed E-state index contributed by atoms with van der Waals surface area (Å²) in [5.41, 5.74) is 2.13. The lowest BCUT2D eigenvalue weighted by Crippen LogP contribution is -2.02. The molecular formula is C18H17N2O5S-. The largest absolute Gasteiger partial charge is 0.755 e. The van der Waals surface area contributed by atoms with E-state index in [9.17, 15) is 8.76 Å². The van der Waals surface area contributed by atoms with Gasteiger partial charge in [-0.1, -0.05) is 12.1 Å². The van der Waals surface area contributed by atoms with E-state index >= 15 is 0 Å². The SMILES string of the molecule is COc1cc2nccc(OCc3ccc(NS(=O)[O-])cc3)c2cc1OC. The molecular weight excluding hydrogens is 356 g/mol. The number of hydrogen-bond acceptors (Lipinski definition) is 6. The minimum Gasteiger partial charge on any atom is -0.755 e. The van der Waals surface area contributed by atoms with Gasteiger partial charge in [-0.05, 0) is 29.8 Å². The molecule has 1 aromatic heterocycles. The van der Waals surface area contributed by atoms with Gasteiger partial charge in [0.15, 0.2) is 11.5 Å². The molecule has 3 rings (SSSR count). The number of nitrogens with zero attached hydrogens (tertiary/aromatic N) is 1. The molecule has 0 aliphatic rings. The summed E-state index contributed by atoms with van der Waals surface area (Å²) in [5.74, 6) is 1.86. The topological polar surface area (TPSA) is 92.7 Å². The molecule has 0 amide bonds. The number of nitrogens with one attached hydrogen (secondary N) is 1. The zero-order valence-corrected chi connectivity index (χ0v) is 15.0. The number of pyridine rings is 1. The van der Waals surface area contributed by atoms with Gasteiger partial charge in [0, 0.05) is 34.6 Å². The first-order valence-corrected chi connectivity index (χ1v) is 8.76. The van der Waals surface area contributed by atoms with Gasteiger partial charge in [-0.2, -0.15) is 0 Å². The maximum Gasteiger partial charge on any atom is 0.162 e. The molecule has 2 aromatic carbocycles. The standard InChI is InChI=1S/C18H18N2O5S/c1-23-17-9-14-15(10-18(17)24-2)19-8-7-16(14)25-11-12-3-5-13(6-4-12)20-26(21)22/h3-10,20H,11H2,1-2H3,(H,21,22)/p-1. The van der Waals surface area contributed by atoms with Crippen molar-refractivity contribution in [3.63, 3.8) is 0 Å². The van der Waals surface area contributed by atoms with E-state index in [0.717, 1.165) is 16.5 Å². The number of fused-ring (bicyclic) bond motifs is 1. The van der Waals surface area contributed by atoms with Crippen molar-refractivity contribution in [1.82, 2.24) is 4.98 Å². The molecule has 3 aromatic rings. The van der Waals surface area contributed by atoms with E-state index in [2.05, 4.69) is 9.71 Å². The Balaban J connectivity index is 1.81. The van der Waals surface area contributed by atoms with Gasteiger partial charge in [-0.15, -0.1) is 0 Å². The molecule has 8 heteroatoms. The fourth-order valence-corrected chi connectivity index (χ4v) is 2.83. The van der Waals surface area contributed by atoms with Crippen molar-refractivity contribution in [1.29, 1.82) is 0 Å². The molecule has 0 spiro atoms. The Morgan fingerprint density at radius 3 is 2.38 bits per heavy atom. The summed E-state index contributed by atoms with van der Waals surface area (Å²) < 4.78 is 40.1. The Bertz CT molecular complexity index is 931. The van der Waals surface area contributed by atoms with Gasteiger partial charge in [0.2, 0.25) is 0 Å². The highest BCUT2D eigenvalue weighted by Gasteiger charge is 2.10. The third-order valence-corrected chi connectivity index (χ3v) is 4.16. The second kappa shape index (κ2) is 8.03. The number of aromatic nitrogens is 1. The van der Waals surface area contributed by atoms with E-state index in [1.165, 1.54) is 0 Å². The van der Waals surface area contributed by atoms with E-state index in [0.29, 0.717) is 29.5 Å². The lowest BCUT2D eigenvalue weighted by Gasteiger charge is -2.13. The highest BCUT2D eigenvalue weighted by atomic mass is 32.2. The van der Waals surface area contributed by atoms with Crippen LogP contribution in [0.5, 0.6) is 17.2 Å². The first-order chi connectivity index (χ1) is 12.6. The Morgan fingerprint density at radius 2 is 1.73 bits per heavy atom. The second-order valence-corrected chi connectivity index (χ2v) is 6.03. The summed E-state index contributed by atoms with van der Waals surface area (Å²) in [4.78, 5) is 4.34. The third kappa shape index (κ3) is 4.04. The number of ether oxygens (including phenoxy) is 3. The van der Waals surface area contributed by atoms with Crippen LogP contribution in [0.3, 0.4) is 0 Å². The quantitative estimate of drug-likeness (QED) is 0.640. The highest BCUT2D eigenvalue weighted by Crippen LogP contribution is 2.35. The van der Waals surface area contributed by atoms with Crippen LogP contribution in [-0.4, -0.2) is 28.0 Å². The Hall–Kier alpha value is -2.84. The van der Waals surface area contributed by atoms with Crippen molar-refractivity contribution >= 4 is 27.9 Å². The van der Waals surface area contributed by atoms with Crippen LogP contribution in [0.15, 0.2) is 48.7 Å². The Morgan fingerprint density at radius 1 is 1.04 bits per heavy atom. The maximum absolute atomic E-state index is 10.6. The normalized spacial score (nSPS) is 11.8. The molecule has 26 heavy (non-hydrogen) atoms. The molecule has 0 saturated carbocycles. The average Bonchev–Trinajstić information content (AvgIpc) is 2.65. The van der Waals surface area contributed by atoms with Crippen LogP contribution in [0, 0.1) is 0 Å². The molecule has 7 nitrogen and oxygen atoms in total. The zero-order chi connectivity index (χ0) is 18.5. The van der Waals surface area contributed by atoms with Crippen molar-refractivity contribution < 1.29 is 23.0 Å². The molecule has 1 N–H and O–H groups in total. The predicted molar refractivity (Wildman–Crippen MR) is 98.2 cm³/mol. The Kier molecular flexibility index (Phi) is 5.55. The van der Waals surface area contributed by atoms with Crippen LogP contribution < -0.4 is 18.9 Å². The highest BCUT2D eigenvalue weighted by molar-refractivity contribution is 7.80. The van der Waals surface area contributed by atoms with Crippen molar-refractivity contribution in [2.45, 2.75) is 6.61 Å². The van der Waals surface area contributed by atoms with Gasteiger partial charge in [-0.25, -0.2) is 0 Å². The number of rotatable bonds is 7. The monoisotopic (exact) mass is 373 g/mol. The first kappa shape index (κ1) is 18.0. The van der Waals surface area contributed by atoms with E-state index in [4.69, 9.17) is 14.2 Å². The molecule has 1 unspecified atom stereocenters. The van der Waals surface area contributed by atoms with Crippen LogP contribution in [0.2, 0.25) is 0 Å². The average molecular weight is 373 g/mol. The Labute approximate surface area is 153 Å². The van der Waals surface area contributed by atoms with Crippen LogP contribution in [0.1, 0.15) is 5.56 Å². The van der Waals surface area contributed by atoms with Crippen LogP contribution >= 0.6 is 0 Å². The summed E-state index contributed by atoms with van der Waals surface area (Å²) in [6.07, 6.45) is 1.67. The predicted octanol–water partition coefficient (Wildman–Crippen LogP) is 3.04. The number of benzene rings is 2. The van der Waals surface area contributed by atoms with Crippen molar-refractivity contribution in [2.75, 3.05) is 18.9 Å². The van der Waals surface area contributed by atoms with Crippen molar-refractivity contribution in [3.8, 4) is 17.2 Å². The summed E-state index contributed by atoms with van der Waals surface area (Å²) in [5, 5.41) is 0.810. The molecule has 0 radical (unpaired) electrons. The lowest BCUT2D eigenvalue weighted by molar-refractivity contribution is 0.309. The van der Waals surface area contributed by atoms with E-state index in [1.807, 2.05) is 6.07 Å². The minimum atomic E-state index is -2.34. The number of methoxy groups -OCH3 is 2. The molecule has 0 bridgehead atoms. The van der Waals surface area contributed by atoms with Gasteiger partial charge < -0.3 is 23.5 Å². The van der Waals surface area contributed by atoms with Crippen LogP contribution in [0.4, 0.5) is 5.69 Å². The number of hydrogen-bond donors (Lipinski definition) is 1. The van der Waals surface area contributed by atoms with E-state index in [1.54, 1.807) is 56.8 Å². The lowest BCUT2D eigenvalue weighted by atomic mass is 10.1. The van der Waals surface area contributed by atoms with Gasteiger partial charge in [-0.3, -0.25) is 9.19 Å².